The highest BCUT2D eigenvalue weighted by atomic mass is 19.1. The fourth-order valence-corrected chi connectivity index (χ4v) is 4.19. The number of carbonyl (C=O) groups is 2. The fourth-order valence-electron chi connectivity index (χ4n) is 4.19. The van der Waals surface area contributed by atoms with Gasteiger partial charge in [0.25, 0.3) is 0 Å². The first-order chi connectivity index (χ1) is 14.4. The minimum Gasteiger partial charge on any atom is -0.354 e. The number of amides is 2. The molecule has 0 aliphatic heterocycles. The molecule has 2 N–H and O–H groups in total. The highest BCUT2D eigenvalue weighted by Crippen LogP contribution is 2.31. The zero-order valence-electron chi connectivity index (χ0n) is 17.0. The van der Waals surface area contributed by atoms with Crippen LogP contribution < -0.4 is 10.6 Å². The average Bonchev–Trinajstić information content (AvgIpc) is 3.10. The van der Waals surface area contributed by atoms with Crippen LogP contribution in [0.25, 0.3) is 22.2 Å². The Kier molecular flexibility index (Phi) is 5.48. The van der Waals surface area contributed by atoms with E-state index >= 15 is 0 Å². The first kappa shape index (κ1) is 20.0. The van der Waals surface area contributed by atoms with Gasteiger partial charge in [-0.2, -0.15) is 0 Å². The van der Waals surface area contributed by atoms with Crippen LogP contribution in [0.1, 0.15) is 32.6 Å². The normalized spacial score (nSPS) is 18.9. The standard InChI is InChI=1S/C22H24FN5O2/c1-13(29)26-15-5-3-4-14(10-15)22(30)27-20-11-18(19(23)12-25-20)16-6-8-24-21-17(16)7-9-28(21)2/h6-9,11-12,14-15H,3-5,10H2,1-2H3,(H,26,29)(H,25,27,30). The Bertz CT molecular complexity index is 1110. The van der Waals surface area contributed by atoms with E-state index < -0.39 is 5.82 Å². The number of rotatable bonds is 4. The van der Waals surface area contributed by atoms with Gasteiger partial charge in [0.15, 0.2) is 0 Å². The van der Waals surface area contributed by atoms with Gasteiger partial charge in [0.05, 0.1) is 6.20 Å². The van der Waals surface area contributed by atoms with Crippen molar-refractivity contribution < 1.29 is 14.0 Å². The highest BCUT2D eigenvalue weighted by Gasteiger charge is 2.28. The fraction of sp³-hybridized carbons (Fsp3) is 0.364. The number of nitrogens with one attached hydrogen (secondary N) is 2. The summed E-state index contributed by atoms with van der Waals surface area (Å²) in [6.07, 6.45) is 7.73. The average molecular weight is 409 g/mol. The summed E-state index contributed by atoms with van der Waals surface area (Å²) in [5.74, 6) is -0.621. The zero-order valence-corrected chi connectivity index (χ0v) is 17.0. The Morgan fingerprint density at radius 2 is 2.03 bits per heavy atom. The van der Waals surface area contributed by atoms with Crippen LogP contribution in [0.2, 0.25) is 0 Å². The number of fused-ring (bicyclic) bond motifs is 1. The van der Waals surface area contributed by atoms with Crippen LogP contribution in [0.4, 0.5) is 10.2 Å². The maximum Gasteiger partial charge on any atom is 0.228 e. The van der Waals surface area contributed by atoms with Crippen molar-refractivity contribution in [3.8, 4) is 11.1 Å². The van der Waals surface area contributed by atoms with Crippen LogP contribution in [-0.4, -0.2) is 32.4 Å². The second kappa shape index (κ2) is 8.22. The maximum atomic E-state index is 14.6. The molecule has 1 aliphatic rings. The van der Waals surface area contributed by atoms with Gasteiger partial charge in [-0.05, 0) is 43.0 Å². The molecule has 2 amide bonds. The molecule has 156 valence electrons. The molecule has 3 aromatic heterocycles. The highest BCUT2D eigenvalue weighted by molar-refractivity contribution is 5.95. The molecule has 7 nitrogen and oxygen atoms in total. The van der Waals surface area contributed by atoms with E-state index in [2.05, 4.69) is 20.6 Å². The monoisotopic (exact) mass is 409 g/mol. The van der Waals surface area contributed by atoms with Crippen LogP contribution in [-0.2, 0) is 16.6 Å². The minimum absolute atomic E-state index is 0.00641. The molecular weight excluding hydrogens is 385 g/mol. The van der Waals surface area contributed by atoms with E-state index in [0.29, 0.717) is 23.4 Å². The lowest BCUT2D eigenvalue weighted by molar-refractivity contribution is -0.123. The van der Waals surface area contributed by atoms with Gasteiger partial charge in [0.2, 0.25) is 11.8 Å². The molecule has 0 aromatic carbocycles. The number of aromatic nitrogens is 3. The van der Waals surface area contributed by atoms with Crippen molar-refractivity contribution >= 4 is 28.7 Å². The molecule has 1 fully saturated rings. The summed E-state index contributed by atoms with van der Waals surface area (Å²) < 4.78 is 16.5. The van der Waals surface area contributed by atoms with E-state index in [1.807, 2.05) is 23.9 Å². The Morgan fingerprint density at radius 3 is 2.83 bits per heavy atom. The van der Waals surface area contributed by atoms with Gasteiger partial charge in [-0.25, -0.2) is 14.4 Å². The largest absolute Gasteiger partial charge is 0.354 e. The third kappa shape index (κ3) is 4.03. The lowest BCUT2D eigenvalue weighted by Crippen LogP contribution is -2.40. The number of pyridine rings is 2. The number of nitrogens with zero attached hydrogens (tertiary/aromatic N) is 3. The first-order valence-electron chi connectivity index (χ1n) is 10.1. The van der Waals surface area contributed by atoms with Crippen molar-refractivity contribution in [2.75, 3.05) is 5.32 Å². The summed E-state index contributed by atoms with van der Waals surface area (Å²) in [7, 11) is 1.88. The Hall–Kier alpha value is -3.29. The Balaban J connectivity index is 1.56. The third-order valence-corrected chi connectivity index (χ3v) is 5.62. The van der Waals surface area contributed by atoms with Gasteiger partial charge in [-0.1, -0.05) is 6.42 Å². The van der Waals surface area contributed by atoms with Crippen LogP contribution in [0.15, 0.2) is 36.8 Å². The molecule has 0 saturated heterocycles. The summed E-state index contributed by atoms with van der Waals surface area (Å²) in [5.41, 5.74) is 1.80. The van der Waals surface area contributed by atoms with Crippen molar-refractivity contribution in [1.29, 1.82) is 0 Å². The van der Waals surface area contributed by atoms with Gasteiger partial charge >= 0.3 is 0 Å². The van der Waals surface area contributed by atoms with E-state index in [9.17, 15) is 14.0 Å². The Morgan fingerprint density at radius 1 is 1.20 bits per heavy atom. The SMILES string of the molecule is CC(=O)NC1CCCC(C(=O)Nc2cc(-c3ccnc4c3ccn4C)c(F)cn2)C1. The van der Waals surface area contributed by atoms with Gasteiger partial charge in [-0.15, -0.1) is 0 Å². The molecule has 1 saturated carbocycles. The molecule has 2 atom stereocenters. The van der Waals surface area contributed by atoms with Crippen molar-refractivity contribution in [2.24, 2.45) is 13.0 Å². The molecule has 0 radical (unpaired) electrons. The second-order valence-electron chi connectivity index (χ2n) is 7.82. The van der Waals surface area contributed by atoms with E-state index in [-0.39, 0.29) is 23.8 Å². The molecule has 2 unspecified atom stereocenters. The molecule has 1 aliphatic carbocycles. The number of hydrogen-bond acceptors (Lipinski definition) is 4. The zero-order chi connectivity index (χ0) is 21.3. The smallest absolute Gasteiger partial charge is 0.228 e. The van der Waals surface area contributed by atoms with Crippen LogP contribution in [0.3, 0.4) is 0 Å². The molecule has 30 heavy (non-hydrogen) atoms. The summed E-state index contributed by atoms with van der Waals surface area (Å²) in [6, 6.07) is 5.21. The van der Waals surface area contributed by atoms with E-state index in [4.69, 9.17) is 0 Å². The predicted octanol–water partition coefficient (Wildman–Crippen LogP) is 3.41. The van der Waals surface area contributed by atoms with Crippen molar-refractivity contribution in [2.45, 2.75) is 38.6 Å². The molecule has 8 heteroatoms. The van der Waals surface area contributed by atoms with Crippen molar-refractivity contribution in [3.63, 3.8) is 0 Å². The van der Waals surface area contributed by atoms with E-state index in [0.717, 1.165) is 36.5 Å². The van der Waals surface area contributed by atoms with Crippen LogP contribution in [0, 0.1) is 11.7 Å². The second-order valence-corrected chi connectivity index (χ2v) is 7.82. The summed E-state index contributed by atoms with van der Waals surface area (Å²) in [6.45, 7) is 1.48. The summed E-state index contributed by atoms with van der Waals surface area (Å²) in [4.78, 5) is 32.5. The van der Waals surface area contributed by atoms with Crippen LogP contribution >= 0.6 is 0 Å². The molecular formula is C22H24FN5O2. The summed E-state index contributed by atoms with van der Waals surface area (Å²) in [5, 5.41) is 6.55. The topological polar surface area (TPSA) is 88.9 Å². The number of hydrogen-bond donors (Lipinski definition) is 2. The first-order valence-corrected chi connectivity index (χ1v) is 10.1. The van der Waals surface area contributed by atoms with Gasteiger partial charge in [0, 0.05) is 49.3 Å². The molecule has 3 aromatic rings. The number of carbonyl (C=O) groups excluding carboxylic acids is 2. The quantitative estimate of drug-likeness (QED) is 0.691. The van der Waals surface area contributed by atoms with Gasteiger partial charge < -0.3 is 15.2 Å². The van der Waals surface area contributed by atoms with E-state index in [1.54, 1.807) is 18.3 Å². The summed E-state index contributed by atoms with van der Waals surface area (Å²) >= 11 is 0. The lowest BCUT2D eigenvalue weighted by atomic mass is 9.85. The number of anilines is 1. The van der Waals surface area contributed by atoms with Crippen LogP contribution in [0.5, 0.6) is 0 Å². The number of halogens is 1. The third-order valence-electron chi connectivity index (χ3n) is 5.62. The molecule has 4 rings (SSSR count). The Labute approximate surface area is 173 Å². The van der Waals surface area contributed by atoms with E-state index in [1.165, 1.54) is 6.92 Å². The molecule has 0 bridgehead atoms. The minimum atomic E-state index is -0.465. The van der Waals surface area contributed by atoms with Gasteiger partial charge in [0.1, 0.15) is 17.3 Å². The molecule has 0 spiro atoms. The van der Waals surface area contributed by atoms with Gasteiger partial charge in [-0.3, -0.25) is 9.59 Å². The van der Waals surface area contributed by atoms with Crippen molar-refractivity contribution in [3.05, 3.63) is 42.6 Å². The molecule has 3 heterocycles. The van der Waals surface area contributed by atoms with Crippen molar-refractivity contribution in [1.82, 2.24) is 19.9 Å². The lowest BCUT2D eigenvalue weighted by Gasteiger charge is -2.28. The maximum absolute atomic E-state index is 14.6. The number of aryl methyl sites for hydroxylation is 1. The predicted molar refractivity (Wildman–Crippen MR) is 112 cm³/mol.